The van der Waals surface area contributed by atoms with Crippen molar-refractivity contribution in [2.75, 3.05) is 20.2 Å². The molecule has 0 aromatic heterocycles. The van der Waals surface area contributed by atoms with Crippen molar-refractivity contribution in [2.24, 2.45) is 5.73 Å². The van der Waals surface area contributed by atoms with Gasteiger partial charge in [-0.3, -0.25) is 4.79 Å². The maximum Gasteiger partial charge on any atom is 0.250 e. The van der Waals surface area contributed by atoms with E-state index in [-0.39, 0.29) is 12.5 Å². The van der Waals surface area contributed by atoms with E-state index in [0.29, 0.717) is 6.54 Å². The summed E-state index contributed by atoms with van der Waals surface area (Å²) in [6.45, 7) is 0.912. The largest absolute Gasteiger partial charge is 0.370 e. The van der Waals surface area contributed by atoms with Crippen LogP contribution in [-0.2, 0) is 9.53 Å². The fourth-order valence-electron chi connectivity index (χ4n) is 1.90. The minimum absolute atomic E-state index is 0.110. The molecular formula is C12H22N2O2. The molecule has 1 aliphatic rings. The normalized spacial score (nSPS) is 17.8. The lowest BCUT2D eigenvalue weighted by molar-refractivity contribution is -0.130. The number of hydrogen-bond donors (Lipinski definition) is 2. The summed E-state index contributed by atoms with van der Waals surface area (Å²) in [5, 5.41) is 2.85. The summed E-state index contributed by atoms with van der Waals surface area (Å²) < 4.78 is 4.95. The van der Waals surface area contributed by atoms with Crippen molar-refractivity contribution in [1.29, 1.82) is 0 Å². The van der Waals surface area contributed by atoms with Crippen LogP contribution in [0.3, 0.4) is 0 Å². The maximum atomic E-state index is 11.5. The second kappa shape index (κ2) is 7.41. The molecule has 0 radical (unpaired) electrons. The van der Waals surface area contributed by atoms with Gasteiger partial charge in [-0.25, -0.2) is 0 Å². The monoisotopic (exact) mass is 226 g/mol. The highest BCUT2D eigenvalue weighted by molar-refractivity contribution is 5.80. The van der Waals surface area contributed by atoms with Gasteiger partial charge >= 0.3 is 0 Å². The molecule has 4 nitrogen and oxygen atoms in total. The van der Waals surface area contributed by atoms with E-state index in [1.54, 1.807) is 0 Å². The molecule has 4 heteroatoms. The third-order valence-electron chi connectivity index (χ3n) is 2.92. The Morgan fingerprint density at radius 3 is 3.00 bits per heavy atom. The molecule has 1 amide bonds. The van der Waals surface area contributed by atoms with Gasteiger partial charge in [0.1, 0.15) is 6.10 Å². The second-order valence-electron chi connectivity index (χ2n) is 4.11. The van der Waals surface area contributed by atoms with Crippen molar-refractivity contribution in [2.45, 2.75) is 38.2 Å². The van der Waals surface area contributed by atoms with Crippen LogP contribution in [0.2, 0.25) is 0 Å². The molecule has 0 aromatic carbocycles. The summed E-state index contributed by atoms with van der Waals surface area (Å²) in [5.74, 6) is -0.110. The first-order valence-corrected chi connectivity index (χ1v) is 5.96. The SMILES string of the molecule is COC(CN)C(=O)NCCC1=CCCCC1. The van der Waals surface area contributed by atoms with Gasteiger partial charge < -0.3 is 15.8 Å². The van der Waals surface area contributed by atoms with E-state index in [0.717, 1.165) is 6.42 Å². The van der Waals surface area contributed by atoms with Gasteiger partial charge in [-0.15, -0.1) is 0 Å². The summed E-state index contributed by atoms with van der Waals surface area (Å²) in [4.78, 5) is 11.5. The Kier molecular flexibility index (Phi) is 6.11. The smallest absolute Gasteiger partial charge is 0.250 e. The van der Waals surface area contributed by atoms with Crippen molar-refractivity contribution in [3.05, 3.63) is 11.6 Å². The predicted octanol–water partition coefficient (Wildman–Crippen LogP) is 0.967. The van der Waals surface area contributed by atoms with Crippen LogP contribution >= 0.6 is 0 Å². The van der Waals surface area contributed by atoms with Crippen LogP contribution in [0.1, 0.15) is 32.1 Å². The Morgan fingerprint density at radius 2 is 2.44 bits per heavy atom. The van der Waals surface area contributed by atoms with Gasteiger partial charge in [-0.1, -0.05) is 11.6 Å². The third-order valence-corrected chi connectivity index (χ3v) is 2.92. The van der Waals surface area contributed by atoms with Gasteiger partial charge in [0.25, 0.3) is 0 Å². The number of nitrogens with two attached hydrogens (primary N) is 1. The summed E-state index contributed by atoms with van der Waals surface area (Å²) in [6, 6.07) is 0. The van der Waals surface area contributed by atoms with Crippen LogP contribution in [0, 0.1) is 0 Å². The van der Waals surface area contributed by atoms with Crippen molar-refractivity contribution < 1.29 is 9.53 Å². The molecular weight excluding hydrogens is 204 g/mol. The molecule has 1 atom stereocenters. The number of amides is 1. The highest BCUT2D eigenvalue weighted by Crippen LogP contribution is 2.19. The number of rotatable bonds is 6. The average molecular weight is 226 g/mol. The zero-order valence-electron chi connectivity index (χ0n) is 10.00. The van der Waals surface area contributed by atoms with Crippen molar-refractivity contribution in [1.82, 2.24) is 5.32 Å². The van der Waals surface area contributed by atoms with Crippen LogP contribution in [0.25, 0.3) is 0 Å². The van der Waals surface area contributed by atoms with E-state index in [2.05, 4.69) is 11.4 Å². The quantitative estimate of drug-likeness (QED) is 0.663. The van der Waals surface area contributed by atoms with Gasteiger partial charge in [0.2, 0.25) is 5.91 Å². The Hall–Kier alpha value is -0.870. The molecule has 16 heavy (non-hydrogen) atoms. The number of ether oxygens (including phenoxy) is 1. The zero-order chi connectivity index (χ0) is 11.8. The zero-order valence-corrected chi connectivity index (χ0v) is 10.00. The van der Waals surface area contributed by atoms with Crippen LogP contribution in [0.5, 0.6) is 0 Å². The van der Waals surface area contributed by atoms with E-state index >= 15 is 0 Å². The molecule has 3 N–H and O–H groups in total. The summed E-state index contributed by atoms with van der Waals surface area (Å²) >= 11 is 0. The number of methoxy groups -OCH3 is 1. The second-order valence-corrected chi connectivity index (χ2v) is 4.11. The third kappa shape index (κ3) is 4.33. The molecule has 0 saturated heterocycles. The predicted molar refractivity (Wildman–Crippen MR) is 64.0 cm³/mol. The van der Waals surface area contributed by atoms with Gasteiger partial charge in [0.05, 0.1) is 0 Å². The molecule has 0 aromatic rings. The number of hydrogen-bond acceptors (Lipinski definition) is 3. The van der Waals surface area contributed by atoms with E-state index in [1.807, 2.05) is 0 Å². The summed E-state index contributed by atoms with van der Waals surface area (Å²) in [7, 11) is 1.50. The van der Waals surface area contributed by atoms with Crippen LogP contribution in [-0.4, -0.2) is 32.2 Å². The average Bonchev–Trinajstić information content (AvgIpc) is 2.32. The van der Waals surface area contributed by atoms with Crippen molar-refractivity contribution in [3.8, 4) is 0 Å². The Balaban J connectivity index is 2.19. The van der Waals surface area contributed by atoms with E-state index in [9.17, 15) is 4.79 Å². The first kappa shape index (κ1) is 13.2. The van der Waals surface area contributed by atoms with Crippen molar-refractivity contribution >= 4 is 5.91 Å². The van der Waals surface area contributed by atoms with Crippen LogP contribution < -0.4 is 11.1 Å². The standard InChI is InChI=1S/C12H22N2O2/c1-16-11(9-13)12(15)14-8-7-10-5-3-2-4-6-10/h5,11H,2-4,6-9,13H2,1H3,(H,14,15). The summed E-state index contributed by atoms with van der Waals surface area (Å²) in [5.41, 5.74) is 6.87. The Morgan fingerprint density at radius 1 is 1.62 bits per heavy atom. The van der Waals surface area contributed by atoms with E-state index < -0.39 is 6.10 Å². The van der Waals surface area contributed by atoms with E-state index in [1.165, 1.54) is 38.4 Å². The highest BCUT2D eigenvalue weighted by atomic mass is 16.5. The van der Waals surface area contributed by atoms with Crippen LogP contribution in [0.15, 0.2) is 11.6 Å². The molecule has 0 saturated carbocycles. The van der Waals surface area contributed by atoms with Gasteiger partial charge in [-0.2, -0.15) is 0 Å². The molecule has 0 bridgehead atoms. The van der Waals surface area contributed by atoms with Crippen LogP contribution in [0.4, 0.5) is 0 Å². The van der Waals surface area contributed by atoms with Gasteiger partial charge in [0, 0.05) is 20.2 Å². The lowest BCUT2D eigenvalue weighted by Crippen LogP contribution is -2.41. The highest BCUT2D eigenvalue weighted by Gasteiger charge is 2.14. The molecule has 1 rings (SSSR count). The minimum Gasteiger partial charge on any atom is -0.370 e. The molecule has 92 valence electrons. The summed E-state index contributed by atoms with van der Waals surface area (Å²) in [6.07, 6.45) is 7.69. The van der Waals surface area contributed by atoms with Gasteiger partial charge in [-0.05, 0) is 32.1 Å². The Labute approximate surface area is 97.2 Å². The fourth-order valence-corrected chi connectivity index (χ4v) is 1.90. The maximum absolute atomic E-state index is 11.5. The van der Waals surface area contributed by atoms with Gasteiger partial charge in [0.15, 0.2) is 0 Å². The van der Waals surface area contributed by atoms with Crippen molar-refractivity contribution in [3.63, 3.8) is 0 Å². The lowest BCUT2D eigenvalue weighted by atomic mass is 9.97. The first-order valence-electron chi connectivity index (χ1n) is 5.96. The fraction of sp³-hybridized carbons (Fsp3) is 0.750. The minimum atomic E-state index is -0.514. The molecule has 1 aliphatic carbocycles. The number of nitrogens with one attached hydrogen (secondary N) is 1. The number of carbonyl (C=O) groups excluding carboxylic acids is 1. The number of carbonyl (C=O) groups is 1. The Bertz CT molecular complexity index is 247. The molecule has 0 spiro atoms. The van der Waals surface area contributed by atoms with E-state index in [4.69, 9.17) is 10.5 Å². The molecule has 1 unspecified atom stereocenters. The molecule has 0 heterocycles. The molecule has 0 aliphatic heterocycles. The molecule has 0 fully saturated rings. The first-order chi connectivity index (χ1) is 7.77. The number of allylic oxidation sites excluding steroid dienone is 1. The lowest BCUT2D eigenvalue weighted by Gasteiger charge is -2.15. The topological polar surface area (TPSA) is 64.3 Å².